The van der Waals surface area contributed by atoms with Gasteiger partial charge >= 0.3 is 0 Å². The summed E-state index contributed by atoms with van der Waals surface area (Å²) in [6.07, 6.45) is 4.47. The molecular weight excluding hydrogens is 134 g/mol. The summed E-state index contributed by atoms with van der Waals surface area (Å²) in [5, 5.41) is 0. The normalized spacial score (nSPS) is 7.30. The van der Waals surface area contributed by atoms with Crippen LogP contribution in [0.15, 0.2) is 23.3 Å². The molecule has 0 atom stereocenters. The number of carbonyl (C=O) groups is 1. The fourth-order valence-electron chi connectivity index (χ4n) is 0.244. The summed E-state index contributed by atoms with van der Waals surface area (Å²) in [7, 11) is 0. The lowest BCUT2D eigenvalue weighted by Gasteiger charge is -1.79. The summed E-state index contributed by atoms with van der Waals surface area (Å²) in [5.74, 6) is 0. The zero-order valence-corrected chi connectivity index (χ0v) is 5.69. The molecule has 0 saturated heterocycles. The number of hydrogen-bond acceptors (Lipinski definition) is 4. The van der Waals surface area contributed by atoms with Crippen molar-refractivity contribution in [3.8, 4) is 0 Å². The molecule has 4 nitrogen and oxygen atoms in total. The molecule has 4 heteroatoms. The molecule has 0 aliphatic rings. The Labute approximate surface area is 58.8 Å². The van der Waals surface area contributed by atoms with Crippen LogP contribution >= 0.6 is 0 Å². The van der Waals surface area contributed by atoms with Crippen molar-refractivity contribution < 1.29 is 13.9 Å². The lowest BCUT2D eigenvalue weighted by Crippen LogP contribution is -1.80. The van der Waals surface area contributed by atoms with Crippen LogP contribution in [-0.4, -0.2) is 18.1 Å². The average Bonchev–Trinajstić information content (AvgIpc) is 2.44. The minimum Gasteiger partial charge on any atom is -0.468 e. The Morgan fingerprint density at radius 3 is 2.70 bits per heavy atom. The molecule has 56 valence electrons. The predicted octanol–water partition coefficient (Wildman–Crippen LogP) is 0.854. The van der Waals surface area contributed by atoms with Crippen molar-refractivity contribution in [2.45, 2.75) is 6.92 Å². The Morgan fingerprint density at radius 2 is 2.60 bits per heavy atom. The smallest absolute Gasteiger partial charge is 0.293 e. The molecule has 0 N–H and O–H groups in total. The number of aromatic nitrogens is 1. The van der Waals surface area contributed by atoms with E-state index in [1.54, 1.807) is 13.1 Å². The molecule has 0 spiro atoms. The molecule has 0 aliphatic carbocycles. The van der Waals surface area contributed by atoms with E-state index in [-0.39, 0.29) is 0 Å². The standard InChI is InChI=1S/C3H3NO.C3H6O2/c1-2-5-3-4-1;1-2-5-3-4/h1-3H;3H,2H2,1H3. The Balaban J connectivity index is 0.000000162. The van der Waals surface area contributed by atoms with E-state index in [0.717, 1.165) is 0 Å². The maximum Gasteiger partial charge on any atom is 0.293 e. The third-order valence-electron chi connectivity index (χ3n) is 0.582. The molecular formula is C6H9NO3. The third-order valence-corrected chi connectivity index (χ3v) is 0.582. The second-order valence-electron chi connectivity index (χ2n) is 1.23. The van der Waals surface area contributed by atoms with Crippen molar-refractivity contribution in [2.24, 2.45) is 0 Å². The Morgan fingerprint density at radius 1 is 1.80 bits per heavy atom. The first kappa shape index (κ1) is 8.68. The summed E-state index contributed by atoms with van der Waals surface area (Å²) in [5.41, 5.74) is 0. The molecule has 1 aromatic heterocycles. The summed E-state index contributed by atoms with van der Waals surface area (Å²) < 4.78 is 8.62. The lowest BCUT2D eigenvalue weighted by atomic mass is 10.9. The Bertz CT molecular complexity index is 121. The van der Waals surface area contributed by atoms with Crippen LogP contribution in [0.4, 0.5) is 0 Å². The van der Waals surface area contributed by atoms with Gasteiger partial charge in [-0.3, -0.25) is 4.79 Å². The zero-order chi connectivity index (χ0) is 7.66. The van der Waals surface area contributed by atoms with Crippen molar-refractivity contribution in [3.05, 3.63) is 18.9 Å². The van der Waals surface area contributed by atoms with E-state index in [0.29, 0.717) is 13.1 Å². The van der Waals surface area contributed by atoms with Gasteiger partial charge in [0.15, 0.2) is 6.39 Å². The maximum atomic E-state index is 9.18. The van der Waals surface area contributed by atoms with Gasteiger partial charge in [-0.05, 0) is 6.92 Å². The second kappa shape index (κ2) is 7.68. The van der Waals surface area contributed by atoms with Crippen LogP contribution in [-0.2, 0) is 9.53 Å². The van der Waals surface area contributed by atoms with Gasteiger partial charge in [-0.2, -0.15) is 0 Å². The van der Waals surface area contributed by atoms with Gasteiger partial charge in [0.25, 0.3) is 6.47 Å². The van der Waals surface area contributed by atoms with E-state index in [2.05, 4.69) is 14.1 Å². The highest BCUT2D eigenvalue weighted by atomic mass is 16.5. The minimum absolute atomic E-state index is 0.431. The van der Waals surface area contributed by atoms with E-state index in [4.69, 9.17) is 0 Å². The first-order chi connectivity index (χ1) is 4.91. The first-order valence-electron chi connectivity index (χ1n) is 2.79. The summed E-state index contributed by atoms with van der Waals surface area (Å²) in [4.78, 5) is 12.7. The van der Waals surface area contributed by atoms with Crippen molar-refractivity contribution in [1.29, 1.82) is 0 Å². The van der Waals surface area contributed by atoms with Gasteiger partial charge in [0.05, 0.1) is 12.8 Å². The van der Waals surface area contributed by atoms with E-state index >= 15 is 0 Å². The monoisotopic (exact) mass is 143 g/mol. The summed E-state index contributed by atoms with van der Waals surface area (Å²) >= 11 is 0. The molecule has 0 fully saturated rings. The number of nitrogens with zero attached hydrogens (tertiary/aromatic N) is 1. The van der Waals surface area contributed by atoms with E-state index in [9.17, 15) is 4.79 Å². The fourth-order valence-corrected chi connectivity index (χ4v) is 0.244. The highest BCUT2D eigenvalue weighted by Gasteiger charge is 1.61. The van der Waals surface area contributed by atoms with Crippen LogP contribution in [0.3, 0.4) is 0 Å². The molecule has 0 amide bonds. The highest BCUT2D eigenvalue weighted by Crippen LogP contribution is 1.72. The topological polar surface area (TPSA) is 52.3 Å². The summed E-state index contributed by atoms with van der Waals surface area (Å²) in [6.45, 7) is 2.66. The summed E-state index contributed by atoms with van der Waals surface area (Å²) in [6, 6.07) is 0. The van der Waals surface area contributed by atoms with Crippen LogP contribution in [0, 0.1) is 0 Å². The molecule has 0 unspecified atom stereocenters. The van der Waals surface area contributed by atoms with Crippen LogP contribution in [0.2, 0.25) is 0 Å². The SMILES string of the molecule is CCOC=O.c1cocn1. The third kappa shape index (κ3) is 6.68. The molecule has 1 heterocycles. The Hall–Kier alpha value is -1.32. The lowest BCUT2D eigenvalue weighted by molar-refractivity contribution is -0.128. The van der Waals surface area contributed by atoms with Gasteiger partial charge in [0.1, 0.15) is 6.26 Å². The highest BCUT2D eigenvalue weighted by molar-refractivity contribution is 5.36. The van der Waals surface area contributed by atoms with Crippen molar-refractivity contribution in [3.63, 3.8) is 0 Å². The van der Waals surface area contributed by atoms with Crippen LogP contribution in [0.25, 0.3) is 0 Å². The van der Waals surface area contributed by atoms with Crippen LogP contribution in [0.5, 0.6) is 0 Å². The van der Waals surface area contributed by atoms with E-state index in [1.165, 1.54) is 12.7 Å². The van der Waals surface area contributed by atoms with Gasteiger partial charge in [-0.25, -0.2) is 4.98 Å². The number of ether oxygens (including phenoxy) is 1. The molecule has 10 heavy (non-hydrogen) atoms. The minimum atomic E-state index is 0.431. The van der Waals surface area contributed by atoms with E-state index in [1.807, 2.05) is 0 Å². The Kier molecular flexibility index (Phi) is 6.67. The maximum absolute atomic E-state index is 9.18. The van der Waals surface area contributed by atoms with Crippen molar-refractivity contribution in [1.82, 2.24) is 4.98 Å². The van der Waals surface area contributed by atoms with E-state index < -0.39 is 0 Å². The molecule has 0 bridgehead atoms. The number of rotatable bonds is 2. The van der Waals surface area contributed by atoms with Crippen LogP contribution in [0.1, 0.15) is 6.92 Å². The molecule has 1 rings (SSSR count). The molecule has 1 aromatic rings. The van der Waals surface area contributed by atoms with Gasteiger partial charge in [-0.1, -0.05) is 0 Å². The van der Waals surface area contributed by atoms with Gasteiger partial charge in [-0.15, -0.1) is 0 Å². The second-order valence-corrected chi connectivity index (χ2v) is 1.23. The van der Waals surface area contributed by atoms with Gasteiger partial charge in [0.2, 0.25) is 0 Å². The van der Waals surface area contributed by atoms with Gasteiger partial charge in [0, 0.05) is 0 Å². The van der Waals surface area contributed by atoms with Gasteiger partial charge < -0.3 is 9.15 Å². The molecule has 0 aromatic carbocycles. The predicted molar refractivity (Wildman–Crippen MR) is 34.2 cm³/mol. The number of hydrogen-bond donors (Lipinski definition) is 0. The number of oxazole rings is 1. The van der Waals surface area contributed by atoms with Crippen molar-refractivity contribution >= 4 is 6.47 Å². The zero-order valence-electron chi connectivity index (χ0n) is 5.69. The average molecular weight is 143 g/mol. The quantitative estimate of drug-likeness (QED) is 0.576. The first-order valence-corrected chi connectivity index (χ1v) is 2.79. The largest absolute Gasteiger partial charge is 0.468 e. The fraction of sp³-hybridized carbons (Fsp3) is 0.333. The van der Waals surface area contributed by atoms with Crippen molar-refractivity contribution in [2.75, 3.05) is 6.61 Å². The molecule has 0 aliphatic heterocycles. The van der Waals surface area contributed by atoms with Crippen LogP contribution < -0.4 is 0 Å². The molecule has 0 saturated carbocycles. The number of carbonyl (C=O) groups excluding carboxylic acids is 1. The molecule has 0 radical (unpaired) electrons.